The quantitative estimate of drug-likeness (QED) is 0.691. The lowest BCUT2D eigenvalue weighted by Gasteiger charge is -2.18. The number of benzene rings is 1. The molecule has 1 aromatic carbocycles. The monoisotopic (exact) mass is 409 g/mol. The van der Waals surface area contributed by atoms with E-state index in [-0.39, 0.29) is 11.6 Å². The van der Waals surface area contributed by atoms with Gasteiger partial charge in [-0.25, -0.2) is 13.4 Å². The molecule has 0 radical (unpaired) electrons. The summed E-state index contributed by atoms with van der Waals surface area (Å²) in [7, 11) is -4.20. The van der Waals surface area contributed by atoms with Crippen LogP contribution in [0.25, 0.3) is 5.57 Å². The van der Waals surface area contributed by atoms with Gasteiger partial charge in [-0.2, -0.15) is 8.42 Å². The number of nitrogens with zero attached hydrogens (tertiary/aromatic N) is 1. The lowest BCUT2D eigenvalue weighted by Crippen LogP contribution is -2.30. The molecule has 1 aromatic rings. The van der Waals surface area contributed by atoms with Crippen LogP contribution < -0.4 is 14.3 Å². The molecule has 0 spiro atoms. The van der Waals surface area contributed by atoms with Crippen LogP contribution in [0.5, 0.6) is 5.75 Å². The molecule has 28 heavy (non-hydrogen) atoms. The lowest BCUT2D eigenvalue weighted by atomic mass is 9.98. The van der Waals surface area contributed by atoms with Crippen molar-refractivity contribution in [2.45, 2.75) is 44.6 Å². The second-order valence-electron chi connectivity index (χ2n) is 7.74. The van der Waals surface area contributed by atoms with Gasteiger partial charge < -0.3 is 10.4 Å². The van der Waals surface area contributed by atoms with Crippen LogP contribution in [0.3, 0.4) is 0 Å². The smallest absolute Gasteiger partial charge is 0.326 e. The number of halogens is 1. The Morgan fingerprint density at radius 1 is 1.21 bits per heavy atom. The third kappa shape index (κ3) is 3.60. The zero-order valence-corrected chi connectivity index (χ0v) is 16.3. The van der Waals surface area contributed by atoms with E-state index in [1.165, 1.54) is 37.8 Å². The molecule has 1 unspecified atom stereocenters. The molecule has 152 valence electrons. The fraction of sp³-hybridized carbons (Fsp3) is 0.526. The normalized spacial score (nSPS) is 24.6. The van der Waals surface area contributed by atoms with Crippen molar-refractivity contribution < 1.29 is 22.7 Å². The van der Waals surface area contributed by atoms with Crippen LogP contribution >= 0.6 is 0 Å². The van der Waals surface area contributed by atoms with Crippen molar-refractivity contribution in [3.8, 4) is 5.75 Å². The number of hydrogen-bond donors (Lipinski definition) is 3. The van der Waals surface area contributed by atoms with Crippen molar-refractivity contribution in [2.75, 3.05) is 17.4 Å². The maximum Gasteiger partial charge on any atom is 0.326 e. The van der Waals surface area contributed by atoms with Crippen molar-refractivity contribution in [3.63, 3.8) is 0 Å². The van der Waals surface area contributed by atoms with Gasteiger partial charge in [-0.15, -0.1) is 0 Å². The Bertz CT molecular complexity index is 925. The summed E-state index contributed by atoms with van der Waals surface area (Å²) in [6.45, 7) is -0.0853. The number of phenols is 1. The highest BCUT2D eigenvalue weighted by Gasteiger charge is 2.38. The van der Waals surface area contributed by atoms with Crippen molar-refractivity contribution in [3.05, 3.63) is 29.6 Å². The van der Waals surface area contributed by atoms with Crippen LogP contribution in [0.15, 0.2) is 18.2 Å². The summed E-state index contributed by atoms with van der Waals surface area (Å²) in [4.78, 5) is 11.5. The molecule has 1 saturated carbocycles. The Morgan fingerprint density at radius 3 is 2.64 bits per heavy atom. The molecule has 4 rings (SSSR count). The van der Waals surface area contributed by atoms with Crippen LogP contribution in [0, 0.1) is 11.7 Å². The molecule has 9 heteroatoms. The number of hydrogen-bond acceptors (Lipinski definition) is 5. The molecule has 0 bridgehead atoms. The Kier molecular flexibility index (Phi) is 5.05. The molecule has 7 nitrogen and oxygen atoms in total. The molecule has 1 aliphatic carbocycles. The van der Waals surface area contributed by atoms with E-state index in [0.29, 0.717) is 10.8 Å². The van der Waals surface area contributed by atoms with Crippen LogP contribution in [-0.2, 0) is 15.0 Å². The first-order valence-corrected chi connectivity index (χ1v) is 11.1. The molecule has 3 N–H and O–H groups in total. The van der Waals surface area contributed by atoms with Gasteiger partial charge in [0.05, 0.1) is 0 Å². The average Bonchev–Trinajstić information content (AvgIpc) is 3.34. The molecule has 2 fully saturated rings. The molecule has 1 amide bonds. The Labute approximate surface area is 163 Å². The van der Waals surface area contributed by atoms with Crippen molar-refractivity contribution >= 4 is 27.4 Å². The van der Waals surface area contributed by atoms with E-state index in [0.717, 1.165) is 24.3 Å². The zero-order valence-electron chi connectivity index (χ0n) is 15.4. The van der Waals surface area contributed by atoms with Crippen molar-refractivity contribution in [1.82, 2.24) is 10.0 Å². The van der Waals surface area contributed by atoms with Gasteiger partial charge >= 0.3 is 10.2 Å². The Balaban J connectivity index is 1.57. The van der Waals surface area contributed by atoms with E-state index in [1.54, 1.807) is 4.72 Å². The van der Waals surface area contributed by atoms with Crippen LogP contribution in [0.4, 0.5) is 10.1 Å². The minimum absolute atomic E-state index is 0.158. The minimum atomic E-state index is -4.20. The zero-order chi connectivity index (χ0) is 19.9. The van der Waals surface area contributed by atoms with Gasteiger partial charge in [-0.05, 0) is 36.5 Å². The number of carbonyl (C=O) groups is 1. The van der Waals surface area contributed by atoms with Crippen LogP contribution in [-0.4, -0.2) is 38.6 Å². The number of rotatable bonds is 5. The first-order valence-electron chi connectivity index (χ1n) is 9.64. The second kappa shape index (κ2) is 7.36. The molecular weight excluding hydrogens is 385 g/mol. The molecule has 2 aliphatic heterocycles. The molecule has 1 saturated heterocycles. The maximum absolute atomic E-state index is 15.2. The lowest BCUT2D eigenvalue weighted by molar-refractivity contribution is -0.117. The number of carbonyl (C=O) groups excluding carboxylic acids is 1. The summed E-state index contributed by atoms with van der Waals surface area (Å²) in [6, 6.07) is 2.86. The summed E-state index contributed by atoms with van der Waals surface area (Å²) >= 11 is 0. The highest BCUT2D eigenvalue weighted by Crippen LogP contribution is 2.38. The fourth-order valence-corrected chi connectivity index (χ4v) is 5.54. The van der Waals surface area contributed by atoms with Gasteiger partial charge in [0.1, 0.15) is 18.0 Å². The predicted octanol–water partition coefficient (Wildman–Crippen LogP) is 2.04. The fourth-order valence-electron chi connectivity index (χ4n) is 4.37. The first-order chi connectivity index (χ1) is 13.3. The van der Waals surface area contributed by atoms with Crippen LogP contribution in [0.2, 0.25) is 0 Å². The molecule has 3 aliphatic rings. The summed E-state index contributed by atoms with van der Waals surface area (Å²) < 4.78 is 41.7. The predicted molar refractivity (Wildman–Crippen MR) is 103 cm³/mol. The molecule has 1 atom stereocenters. The summed E-state index contributed by atoms with van der Waals surface area (Å²) in [5.41, 5.74) is 0.468. The van der Waals surface area contributed by atoms with Gasteiger partial charge in [-0.3, -0.25) is 4.79 Å². The van der Waals surface area contributed by atoms with Gasteiger partial charge in [0.15, 0.2) is 5.82 Å². The average molecular weight is 409 g/mol. The van der Waals surface area contributed by atoms with E-state index in [1.807, 2.05) is 6.08 Å². The highest BCUT2D eigenvalue weighted by molar-refractivity contribution is 7.92. The third-order valence-corrected chi connectivity index (χ3v) is 7.21. The largest absolute Gasteiger partial charge is 0.506 e. The Morgan fingerprint density at radius 2 is 1.96 bits per heavy atom. The topological polar surface area (TPSA) is 98.7 Å². The van der Waals surface area contributed by atoms with Crippen molar-refractivity contribution in [1.29, 1.82) is 0 Å². The summed E-state index contributed by atoms with van der Waals surface area (Å²) in [6.07, 6.45) is 9.30. The molecule has 2 heterocycles. The molecular formula is C19H24FN3O4S. The standard InChI is InChI=1S/C19H24FN3O4S/c20-18-15(13-9-14(21-10-13)6-5-12-3-1-2-4-12)7-8-16(24)19(18)23-11-17(25)22-28(23,26)27/h7-9,12,14,21,24H,1-6,10-11H2,(H,22,25). The number of nitrogens with one attached hydrogen (secondary N) is 2. The Hall–Kier alpha value is -2.13. The van der Waals surface area contributed by atoms with E-state index in [2.05, 4.69) is 5.32 Å². The van der Waals surface area contributed by atoms with E-state index >= 15 is 4.39 Å². The SMILES string of the molecule is O=C1CN(c2c(O)ccc(C3=CC(CCC4CCCC4)NC3)c2F)S(=O)(=O)N1. The van der Waals surface area contributed by atoms with Crippen LogP contribution in [0.1, 0.15) is 44.1 Å². The van der Waals surface area contributed by atoms with Gasteiger partial charge in [0, 0.05) is 18.2 Å². The molecule has 0 aromatic heterocycles. The van der Waals surface area contributed by atoms with Gasteiger partial charge in [0.2, 0.25) is 0 Å². The second-order valence-corrected chi connectivity index (χ2v) is 9.33. The first kappa shape index (κ1) is 19.2. The minimum Gasteiger partial charge on any atom is -0.506 e. The van der Waals surface area contributed by atoms with E-state index in [9.17, 15) is 18.3 Å². The third-order valence-electron chi connectivity index (χ3n) is 5.83. The summed E-state index contributed by atoms with van der Waals surface area (Å²) in [5.74, 6) is -1.35. The number of anilines is 1. The summed E-state index contributed by atoms with van der Waals surface area (Å²) in [5, 5.41) is 13.4. The van der Waals surface area contributed by atoms with Gasteiger partial charge in [0.25, 0.3) is 5.91 Å². The number of phenolic OH excluding ortho intramolecular Hbond substituents is 1. The number of aromatic hydroxyl groups is 1. The highest BCUT2D eigenvalue weighted by atomic mass is 32.2. The van der Waals surface area contributed by atoms with Crippen molar-refractivity contribution in [2.24, 2.45) is 5.92 Å². The van der Waals surface area contributed by atoms with E-state index < -0.39 is 39.9 Å². The number of amides is 1. The maximum atomic E-state index is 15.2. The van der Waals surface area contributed by atoms with E-state index in [4.69, 9.17) is 0 Å². The van der Waals surface area contributed by atoms with Gasteiger partial charge in [-0.1, -0.05) is 31.8 Å².